The van der Waals surface area contributed by atoms with Crippen LogP contribution in [0, 0.1) is 10.1 Å². The lowest BCUT2D eigenvalue weighted by molar-refractivity contribution is -0.384. The Balaban J connectivity index is 1.27. The molecule has 0 aliphatic heterocycles. The van der Waals surface area contributed by atoms with Crippen LogP contribution in [0.1, 0.15) is 23.3 Å². The lowest BCUT2D eigenvalue weighted by Gasteiger charge is -2.10. The number of nitro groups is 1. The maximum atomic E-state index is 12.8. The SMILES string of the molecule is O=c1[nH]c(-c2cccc(OCCOc3ccc([N+](=O)[O-])cc3)c2)nc2sc3c(c12)CCCC3. The minimum Gasteiger partial charge on any atom is -0.490 e. The number of nitrogens with zero attached hydrogens (tertiary/aromatic N) is 2. The van der Waals surface area contributed by atoms with Crippen molar-refractivity contribution in [3.8, 4) is 22.9 Å². The molecule has 8 nitrogen and oxygen atoms in total. The summed E-state index contributed by atoms with van der Waals surface area (Å²) in [4.78, 5) is 32.8. The minimum absolute atomic E-state index is 0.0166. The molecule has 2 aromatic carbocycles. The zero-order valence-electron chi connectivity index (χ0n) is 17.7. The zero-order valence-corrected chi connectivity index (χ0v) is 18.5. The highest BCUT2D eigenvalue weighted by atomic mass is 32.1. The fourth-order valence-corrected chi connectivity index (χ4v) is 5.28. The quantitative estimate of drug-likeness (QED) is 0.237. The topological polar surface area (TPSA) is 107 Å². The summed E-state index contributed by atoms with van der Waals surface area (Å²) in [6.45, 7) is 0.574. The maximum Gasteiger partial charge on any atom is 0.269 e. The van der Waals surface area contributed by atoms with Gasteiger partial charge in [0.05, 0.1) is 10.3 Å². The fourth-order valence-electron chi connectivity index (χ4n) is 4.02. The third kappa shape index (κ3) is 4.45. The van der Waals surface area contributed by atoms with Crippen LogP contribution in [0.25, 0.3) is 21.6 Å². The first kappa shape index (κ1) is 21.1. The van der Waals surface area contributed by atoms with Crippen molar-refractivity contribution in [2.45, 2.75) is 25.7 Å². The van der Waals surface area contributed by atoms with Gasteiger partial charge < -0.3 is 14.5 Å². The summed E-state index contributed by atoms with van der Waals surface area (Å²) in [6, 6.07) is 13.3. The van der Waals surface area contributed by atoms with E-state index < -0.39 is 4.92 Å². The van der Waals surface area contributed by atoms with Gasteiger partial charge in [-0.2, -0.15) is 0 Å². The molecule has 0 radical (unpaired) electrons. The van der Waals surface area contributed by atoms with Crippen LogP contribution in [0.4, 0.5) is 5.69 Å². The lowest BCUT2D eigenvalue weighted by atomic mass is 9.97. The predicted molar refractivity (Wildman–Crippen MR) is 126 cm³/mol. The van der Waals surface area contributed by atoms with E-state index in [9.17, 15) is 14.9 Å². The summed E-state index contributed by atoms with van der Waals surface area (Å²) in [7, 11) is 0. The van der Waals surface area contributed by atoms with Crippen LogP contribution in [0.5, 0.6) is 11.5 Å². The number of aromatic nitrogens is 2. The Morgan fingerprint density at radius 2 is 1.79 bits per heavy atom. The van der Waals surface area contributed by atoms with Crippen molar-refractivity contribution in [3.05, 3.63) is 79.4 Å². The molecule has 4 aromatic rings. The summed E-state index contributed by atoms with van der Waals surface area (Å²) in [5.41, 5.74) is 1.88. The van der Waals surface area contributed by atoms with Gasteiger partial charge in [-0.25, -0.2) is 4.98 Å². The van der Waals surface area contributed by atoms with Crippen molar-refractivity contribution in [3.63, 3.8) is 0 Å². The molecular weight excluding hydrogens is 442 g/mol. The molecule has 2 aromatic heterocycles. The number of thiophene rings is 1. The second-order valence-corrected chi connectivity index (χ2v) is 8.86. The molecule has 5 rings (SSSR count). The van der Waals surface area contributed by atoms with Crippen molar-refractivity contribution >= 4 is 27.2 Å². The molecule has 0 unspecified atom stereocenters. The molecule has 1 aliphatic carbocycles. The van der Waals surface area contributed by atoms with Gasteiger partial charge in [0.25, 0.3) is 11.2 Å². The number of hydrogen-bond donors (Lipinski definition) is 1. The number of nitrogens with one attached hydrogen (secondary N) is 1. The third-order valence-corrected chi connectivity index (χ3v) is 6.79. The predicted octanol–water partition coefficient (Wildman–Crippen LogP) is 4.90. The van der Waals surface area contributed by atoms with Gasteiger partial charge in [0.1, 0.15) is 35.4 Å². The summed E-state index contributed by atoms with van der Waals surface area (Å²) >= 11 is 1.63. The molecule has 0 atom stereocenters. The van der Waals surface area contributed by atoms with E-state index in [2.05, 4.69) is 4.98 Å². The highest BCUT2D eigenvalue weighted by Gasteiger charge is 2.20. The van der Waals surface area contributed by atoms with E-state index in [0.717, 1.165) is 41.5 Å². The standard InChI is InChI=1S/C24H21N3O5S/c28-23-21-19-6-1-2-7-20(19)33-24(21)26-22(25-23)15-4-3-5-18(14-15)32-13-12-31-17-10-8-16(9-11-17)27(29)30/h3-5,8-11,14H,1-2,6-7,12-13H2,(H,25,26,28). The van der Waals surface area contributed by atoms with Gasteiger partial charge in [-0.3, -0.25) is 14.9 Å². The average molecular weight is 464 g/mol. The second kappa shape index (κ2) is 9.03. The average Bonchev–Trinajstić information content (AvgIpc) is 3.21. The summed E-state index contributed by atoms with van der Waals surface area (Å²) in [5, 5.41) is 11.5. The first-order chi connectivity index (χ1) is 16.1. The van der Waals surface area contributed by atoms with Gasteiger partial charge in [-0.15, -0.1) is 11.3 Å². The Morgan fingerprint density at radius 3 is 2.58 bits per heavy atom. The first-order valence-corrected chi connectivity index (χ1v) is 11.6. The molecule has 0 saturated heterocycles. The van der Waals surface area contributed by atoms with Crippen LogP contribution < -0.4 is 15.0 Å². The van der Waals surface area contributed by atoms with Gasteiger partial charge in [0.15, 0.2) is 0 Å². The largest absolute Gasteiger partial charge is 0.490 e. The van der Waals surface area contributed by atoms with Crippen molar-refractivity contribution in [2.24, 2.45) is 0 Å². The van der Waals surface area contributed by atoms with Gasteiger partial charge >= 0.3 is 0 Å². The van der Waals surface area contributed by atoms with Gasteiger partial charge in [0, 0.05) is 22.6 Å². The Morgan fingerprint density at radius 1 is 1.03 bits per heavy atom. The Kier molecular flexibility index (Phi) is 5.78. The molecule has 0 fully saturated rings. The highest BCUT2D eigenvalue weighted by molar-refractivity contribution is 7.18. The number of H-pyrrole nitrogens is 1. The van der Waals surface area contributed by atoms with Crippen LogP contribution >= 0.6 is 11.3 Å². The van der Waals surface area contributed by atoms with Crippen molar-refractivity contribution in [2.75, 3.05) is 13.2 Å². The number of nitro benzene ring substituents is 1. The molecule has 1 N–H and O–H groups in total. The molecule has 1 aliphatic rings. The van der Waals surface area contributed by atoms with Crippen LogP contribution in [0.2, 0.25) is 0 Å². The molecule has 0 bridgehead atoms. The normalized spacial score (nSPS) is 13.0. The number of benzene rings is 2. The highest BCUT2D eigenvalue weighted by Crippen LogP contribution is 2.34. The summed E-state index contributed by atoms with van der Waals surface area (Å²) in [5.74, 6) is 1.69. The number of ether oxygens (including phenoxy) is 2. The molecule has 168 valence electrons. The Bertz CT molecular complexity index is 1380. The van der Waals surface area contributed by atoms with Crippen LogP contribution in [0.3, 0.4) is 0 Å². The van der Waals surface area contributed by atoms with E-state index in [1.54, 1.807) is 23.5 Å². The number of rotatable bonds is 7. The molecule has 0 spiro atoms. The minimum atomic E-state index is -0.452. The summed E-state index contributed by atoms with van der Waals surface area (Å²) in [6.07, 6.45) is 4.26. The van der Waals surface area contributed by atoms with Crippen LogP contribution in [0.15, 0.2) is 53.3 Å². The Hall–Kier alpha value is -3.72. The molecule has 2 heterocycles. The van der Waals surface area contributed by atoms with Crippen molar-refractivity contribution in [1.29, 1.82) is 0 Å². The van der Waals surface area contributed by atoms with E-state index >= 15 is 0 Å². The first-order valence-electron chi connectivity index (χ1n) is 10.7. The Labute approximate surface area is 193 Å². The number of fused-ring (bicyclic) bond motifs is 3. The van der Waals surface area contributed by atoms with E-state index in [1.807, 2.05) is 24.3 Å². The van der Waals surface area contributed by atoms with Gasteiger partial charge in [-0.05, 0) is 55.5 Å². The molecule has 0 amide bonds. The van der Waals surface area contributed by atoms with E-state index in [-0.39, 0.29) is 17.9 Å². The number of non-ortho nitro benzene ring substituents is 1. The number of aryl methyl sites for hydroxylation is 2. The van der Waals surface area contributed by atoms with Crippen LogP contribution in [-0.4, -0.2) is 28.1 Å². The van der Waals surface area contributed by atoms with Crippen molar-refractivity contribution in [1.82, 2.24) is 9.97 Å². The molecule has 0 saturated carbocycles. The fraction of sp³-hybridized carbons (Fsp3) is 0.250. The van der Waals surface area contributed by atoms with Gasteiger partial charge in [0.2, 0.25) is 0 Å². The van der Waals surface area contributed by atoms with E-state index in [4.69, 9.17) is 14.5 Å². The second-order valence-electron chi connectivity index (χ2n) is 7.78. The van der Waals surface area contributed by atoms with E-state index in [0.29, 0.717) is 23.9 Å². The molecular formula is C24H21N3O5S. The molecule has 9 heteroatoms. The summed E-state index contributed by atoms with van der Waals surface area (Å²) < 4.78 is 11.4. The van der Waals surface area contributed by atoms with E-state index in [1.165, 1.54) is 22.6 Å². The zero-order chi connectivity index (χ0) is 22.8. The lowest BCUT2D eigenvalue weighted by Crippen LogP contribution is -2.11. The maximum absolute atomic E-state index is 12.8. The smallest absolute Gasteiger partial charge is 0.269 e. The third-order valence-electron chi connectivity index (χ3n) is 5.60. The number of aromatic amines is 1. The monoisotopic (exact) mass is 463 g/mol. The van der Waals surface area contributed by atoms with Crippen LogP contribution in [-0.2, 0) is 12.8 Å². The number of hydrogen-bond acceptors (Lipinski definition) is 7. The van der Waals surface area contributed by atoms with Crippen molar-refractivity contribution < 1.29 is 14.4 Å². The van der Waals surface area contributed by atoms with Gasteiger partial charge in [-0.1, -0.05) is 12.1 Å². The molecule has 33 heavy (non-hydrogen) atoms.